The Hall–Kier alpha value is -4.08. The summed E-state index contributed by atoms with van der Waals surface area (Å²) in [5, 5.41) is 5.08. The van der Waals surface area contributed by atoms with E-state index in [0.29, 0.717) is 22.4 Å². The van der Waals surface area contributed by atoms with E-state index in [2.05, 4.69) is 26.6 Å². The molecule has 0 saturated carbocycles. The van der Waals surface area contributed by atoms with Crippen molar-refractivity contribution >= 4 is 59.2 Å². The second-order valence-corrected chi connectivity index (χ2v) is 14.7. The molecule has 15 heteroatoms. The molecule has 44 heavy (non-hydrogen) atoms. The van der Waals surface area contributed by atoms with Gasteiger partial charge in [0.2, 0.25) is 0 Å². The van der Waals surface area contributed by atoms with Crippen molar-refractivity contribution in [2.24, 2.45) is 0 Å². The van der Waals surface area contributed by atoms with Gasteiger partial charge < -0.3 is 15.0 Å². The highest BCUT2D eigenvalue weighted by atomic mass is 79.9. The second-order valence-electron chi connectivity index (χ2n) is 10.1. The van der Waals surface area contributed by atoms with E-state index in [0.717, 1.165) is 18.1 Å². The van der Waals surface area contributed by atoms with Crippen molar-refractivity contribution in [1.82, 2.24) is 15.5 Å². The number of imide groups is 1. The van der Waals surface area contributed by atoms with Gasteiger partial charge in [-0.05, 0) is 47.5 Å². The third-order valence-electron chi connectivity index (χ3n) is 7.07. The van der Waals surface area contributed by atoms with Gasteiger partial charge in [0.25, 0.3) is 11.8 Å². The summed E-state index contributed by atoms with van der Waals surface area (Å²) in [4.78, 5) is 50.7. The molecule has 2 aliphatic rings. The highest BCUT2D eigenvalue weighted by molar-refractivity contribution is 9.09. The Labute approximate surface area is 262 Å². The molecule has 1 unspecified atom stereocenters. The molecule has 4 amide bonds. The molecule has 2 N–H and O–H groups in total. The second kappa shape index (κ2) is 12.5. The van der Waals surface area contributed by atoms with Crippen molar-refractivity contribution in [2.45, 2.75) is 21.9 Å². The van der Waals surface area contributed by atoms with Crippen molar-refractivity contribution in [2.75, 3.05) is 31.5 Å². The summed E-state index contributed by atoms with van der Waals surface area (Å²) in [5.74, 6) is -0.419. The van der Waals surface area contributed by atoms with Gasteiger partial charge in [0.1, 0.15) is 5.75 Å². The van der Waals surface area contributed by atoms with Gasteiger partial charge in [-0.1, -0.05) is 46.3 Å². The number of sulfone groups is 2. The van der Waals surface area contributed by atoms with Crippen LogP contribution < -0.4 is 15.4 Å². The molecule has 12 nitrogen and oxygen atoms in total. The summed E-state index contributed by atoms with van der Waals surface area (Å²) in [5.41, 5.74) is 0.609. The van der Waals surface area contributed by atoms with Crippen LogP contribution in [0, 0.1) is 0 Å². The Kier molecular flexibility index (Phi) is 9.32. The minimum atomic E-state index is -3.43. The van der Waals surface area contributed by atoms with Crippen LogP contribution in [0.4, 0.5) is 4.79 Å². The summed E-state index contributed by atoms with van der Waals surface area (Å²) in [6.07, 6.45) is 2.21. The number of carbonyl (C=O) groups is 4. The van der Waals surface area contributed by atoms with Gasteiger partial charge in [-0.15, -0.1) is 0 Å². The molecular formula is C29H28BrN3O9S2. The fraction of sp³-hybridized carbons (Fsp3) is 0.241. The summed E-state index contributed by atoms with van der Waals surface area (Å²) in [6, 6.07) is 16.1. The topological polar surface area (TPSA) is 173 Å². The maximum absolute atomic E-state index is 12.9. The molecule has 1 saturated heterocycles. The maximum atomic E-state index is 12.9. The number of urea groups is 1. The van der Waals surface area contributed by atoms with E-state index < -0.39 is 37.2 Å². The van der Waals surface area contributed by atoms with Crippen LogP contribution in [0.25, 0.3) is 0 Å². The smallest absolute Gasteiger partial charge is 0.322 e. The molecule has 0 bridgehead atoms. The molecule has 232 valence electrons. The highest BCUT2D eigenvalue weighted by Crippen LogP contribution is 2.33. The first kappa shape index (κ1) is 32.8. The van der Waals surface area contributed by atoms with E-state index in [9.17, 15) is 36.0 Å². The van der Waals surface area contributed by atoms with E-state index in [-0.39, 0.29) is 39.9 Å². The van der Waals surface area contributed by atoms with Crippen LogP contribution in [-0.2, 0) is 36.6 Å². The summed E-state index contributed by atoms with van der Waals surface area (Å²) >= 11 is 3.04. The zero-order valence-corrected chi connectivity index (χ0v) is 27.0. The van der Waals surface area contributed by atoms with Crippen molar-refractivity contribution in [3.05, 3.63) is 89.0 Å². The molecule has 2 aliphatic heterocycles. The van der Waals surface area contributed by atoms with Crippen molar-refractivity contribution in [3.8, 4) is 5.75 Å². The molecule has 1 fully saturated rings. The van der Waals surface area contributed by atoms with Gasteiger partial charge in [-0.3, -0.25) is 19.7 Å². The Bertz CT molecular complexity index is 1860. The number of nitrogens with one attached hydrogen (secondary N) is 2. The summed E-state index contributed by atoms with van der Waals surface area (Å²) in [7, 11) is -5.09. The van der Waals surface area contributed by atoms with Gasteiger partial charge in [-0.25, -0.2) is 21.6 Å². The van der Waals surface area contributed by atoms with Gasteiger partial charge in [0.05, 0.1) is 28.8 Å². The third-order valence-corrected chi connectivity index (χ3v) is 9.83. The standard InChI is InChI=1S/C20H19N3O6S.C9H9BrO3S/c1-29-14-6-3-12-10-23(17(24)16(12)9-14)11-20(18(25)21-19(26)22-20)13-4-7-15(8-5-13)30(2,27)28;1-14(12,13)8-4-2-7(3-5-8)9(11)6-10/h3-9H,10-11H2,1-2H3,(H2,21,22,25,26);2-5H,6H2,1H3. The van der Waals surface area contributed by atoms with E-state index in [4.69, 9.17) is 4.74 Å². The fourth-order valence-corrected chi connectivity index (χ4v) is 6.32. The molecule has 0 radical (unpaired) electrons. The van der Waals surface area contributed by atoms with Crippen molar-refractivity contribution < 1.29 is 40.8 Å². The number of fused-ring (bicyclic) bond motifs is 1. The predicted molar refractivity (Wildman–Crippen MR) is 163 cm³/mol. The fourth-order valence-electron chi connectivity index (χ4n) is 4.73. The van der Waals surface area contributed by atoms with Crippen LogP contribution in [0.5, 0.6) is 5.75 Å². The quantitative estimate of drug-likeness (QED) is 0.203. The lowest BCUT2D eigenvalue weighted by Crippen LogP contribution is -2.52. The molecule has 0 aliphatic carbocycles. The predicted octanol–water partition coefficient (Wildman–Crippen LogP) is 2.46. The largest absolute Gasteiger partial charge is 0.497 e. The Morgan fingerprint density at radius 2 is 1.48 bits per heavy atom. The lowest BCUT2D eigenvalue weighted by molar-refractivity contribution is -0.124. The number of amides is 4. The Balaban J connectivity index is 0.000000265. The monoisotopic (exact) mass is 705 g/mol. The maximum Gasteiger partial charge on any atom is 0.322 e. The van der Waals surface area contributed by atoms with Gasteiger partial charge in [-0.2, -0.15) is 0 Å². The van der Waals surface area contributed by atoms with Crippen LogP contribution in [0.2, 0.25) is 0 Å². The number of nitrogens with zero attached hydrogens (tertiary/aromatic N) is 1. The summed E-state index contributed by atoms with van der Waals surface area (Å²) in [6.45, 7) is 0.156. The van der Waals surface area contributed by atoms with Crippen LogP contribution in [0.15, 0.2) is 76.5 Å². The van der Waals surface area contributed by atoms with Crippen LogP contribution >= 0.6 is 15.9 Å². The minimum Gasteiger partial charge on any atom is -0.497 e. The van der Waals surface area contributed by atoms with Gasteiger partial charge >= 0.3 is 6.03 Å². The molecular weight excluding hydrogens is 678 g/mol. The number of hydrogen-bond acceptors (Lipinski definition) is 9. The number of ether oxygens (including phenoxy) is 1. The van der Waals surface area contributed by atoms with E-state index in [1.807, 2.05) is 0 Å². The molecule has 2 heterocycles. The number of ketones is 1. The number of benzene rings is 3. The Morgan fingerprint density at radius 3 is 1.95 bits per heavy atom. The number of alkyl halides is 1. The molecule has 0 spiro atoms. The third kappa shape index (κ3) is 6.84. The van der Waals surface area contributed by atoms with Crippen molar-refractivity contribution in [1.29, 1.82) is 0 Å². The number of methoxy groups -OCH3 is 1. The number of Topliss-reactive ketones (excluding diaryl/α,β-unsaturated/α-hetero) is 1. The number of carbonyl (C=O) groups excluding carboxylic acids is 4. The van der Waals surface area contributed by atoms with E-state index in [1.54, 1.807) is 18.2 Å². The van der Waals surface area contributed by atoms with E-state index >= 15 is 0 Å². The lowest BCUT2D eigenvalue weighted by Gasteiger charge is -2.31. The first-order valence-electron chi connectivity index (χ1n) is 12.9. The summed E-state index contributed by atoms with van der Waals surface area (Å²) < 4.78 is 50.9. The number of halogens is 1. The lowest BCUT2D eigenvalue weighted by atomic mass is 9.89. The molecule has 3 aromatic rings. The van der Waals surface area contributed by atoms with Crippen molar-refractivity contribution in [3.63, 3.8) is 0 Å². The van der Waals surface area contributed by atoms with Gasteiger partial charge in [0, 0.05) is 30.2 Å². The average molecular weight is 707 g/mol. The Morgan fingerprint density at radius 1 is 0.909 bits per heavy atom. The van der Waals surface area contributed by atoms with Gasteiger partial charge in [0.15, 0.2) is 31.0 Å². The number of rotatable bonds is 8. The van der Waals surface area contributed by atoms with Crippen LogP contribution in [-0.4, -0.2) is 76.9 Å². The minimum absolute atomic E-state index is 0.0648. The van der Waals surface area contributed by atoms with E-state index in [1.165, 1.54) is 60.5 Å². The van der Waals surface area contributed by atoms with Crippen LogP contribution in [0.1, 0.15) is 31.8 Å². The molecule has 0 aromatic heterocycles. The first-order chi connectivity index (χ1) is 20.6. The zero-order chi connectivity index (χ0) is 32.4. The SMILES string of the molecule is COc1ccc2c(c1)C(=O)N(CC1(c3ccc(S(C)(=O)=O)cc3)NC(=O)NC1=O)C2.CS(=O)(=O)c1ccc(C(=O)CBr)cc1. The average Bonchev–Trinajstić information content (AvgIpc) is 3.45. The molecule has 5 rings (SSSR count). The first-order valence-corrected chi connectivity index (χ1v) is 17.8. The zero-order valence-electron chi connectivity index (χ0n) is 23.8. The number of hydrogen-bond donors (Lipinski definition) is 2. The highest BCUT2D eigenvalue weighted by Gasteiger charge is 2.50. The van der Waals surface area contributed by atoms with Crippen LogP contribution in [0.3, 0.4) is 0 Å². The molecule has 3 aromatic carbocycles. The molecule has 1 atom stereocenters. The normalized spacial score (nSPS) is 17.7.